The molecule has 0 unspecified atom stereocenters. The summed E-state index contributed by atoms with van der Waals surface area (Å²) in [5.41, 5.74) is 0. The molecule has 21 heavy (non-hydrogen) atoms. The topological polar surface area (TPSA) is 116 Å². The van der Waals surface area contributed by atoms with Crippen molar-refractivity contribution in [3.8, 4) is 0 Å². The van der Waals surface area contributed by atoms with Crippen molar-refractivity contribution in [3.63, 3.8) is 0 Å². The summed E-state index contributed by atoms with van der Waals surface area (Å²) in [6, 6.07) is -1.57. The average Bonchev–Trinajstić information content (AvgIpc) is 2.36. The third-order valence-electron chi connectivity index (χ3n) is 3.76. The third-order valence-corrected chi connectivity index (χ3v) is 5.17. The Hall–Kier alpha value is -1.44. The number of rotatable bonds is 9. The number of thioether (sulfide) groups is 1. The van der Waals surface area contributed by atoms with Crippen molar-refractivity contribution < 1.29 is 24.6 Å². The van der Waals surface area contributed by atoms with E-state index in [2.05, 4.69) is 10.6 Å². The molecule has 120 valence electrons. The number of hydrogen-bond donors (Lipinski definition) is 4. The van der Waals surface area contributed by atoms with Crippen molar-refractivity contribution in [1.82, 2.24) is 10.6 Å². The first-order chi connectivity index (χ1) is 9.88. The van der Waals surface area contributed by atoms with Crippen LogP contribution in [0.4, 0.5) is 4.79 Å². The molecule has 0 aliphatic heterocycles. The largest absolute Gasteiger partial charge is 0.481 e. The number of urea groups is 1. The van der Waals surface area contributed by atoms with Crippen LogP contribution in [-0.2, 0) is 9.59 Å². The number of carbonyl (C=O) groups is 3. The van der Waals surface area contributed by atoms with Crippen molar-refractivity contribution in [3.05, 3.63) is 0 Å². The van der Waals surface area contributed by atoms with Crippen LogP contribution in [0.1, 0.15) is 38.5 Å². The van der Waals surface area contributed by atoms with Crippen molar-refractivity contribution in [2.45, 2.75) is 49.3 Å². The van der Waals surface area contributed by atoms with E-state index in [0.29, 0.717) is 6.54 Å². The van der Waals surface area contributed by atoms with Gasteiger partial charge in [0.2, 0.25) is 0 Å². The van der Waals surface area contributed by atoms with E-state index >= 15 is 0 Å². The molecular formula is C13H22N2O5S. The number of nitrogens with one attached hydrogen (secondary N) is 2. The summed E-state index contributed by atoms with van der Waals surface area (Å²) >= 11 is 1.72. The Morgan fingerprint density at radius 1 is 1.29 bits per heavy atom. The molecule has 0 aromatic heterocycles. The van der Waals surface area contributed by atoms with Gasteiger partial charge in [-0.15, -0.1) is 0 Å². The van der Waals surface area contributed by atoms with E-state index in [4.69, 9.17) is 10.2 Å². The molecule has 1 aliphatic carbocycles. The van der Waals surface area contributed by atoms with Gasteiger partial charge in [0.1, 0.15) is 6.04 Å². The van der Waals surface area contributed by atoms with Gasteiger partial charge in [-0.25, -0.2) is 9.59 Å². The molecule has 2 amide bonds. The highest BCUT2D eigenvalue weighted by Gasteiger charge is 2.36. The van der Waals surface area contributed by atoms with Gasteiger partial charge in [-0.2, -0.15) is 11.8 Å². The molecule has 0 radical (unpaired) electrons. The third kappa shape index (κ3) is 5.82. The van der Waals surface area contributed by atoms with Gasteiger partial charge in [0.25, 0.3) is 0 Å². The molecule has 7 nitrogen and oxygen atoms in total. The van der Waals surface area contributed by atoms with Crippen LogP contribution in [0.3, 0.4) is 0 Å². The molecule has 1 saturated carbocycles. The number of aliphatic carboxylic acids is 2. The maximum Gasteiger partial charge on any atom is 0.326 e. The second-order valence-corrected chi connectivity index (χ2v) is 6.52. The summed E-state index contributed by atoms with van der Waals surface area (Å²) in [4.78, 5) is 33.2. The fourth-order valence-corrected chi connectivity index (χ4v) is 3.10. The Balaban J connectivity index is 2.34. The van der Waals surface area contributed by atoms with Crippen LogP contribution in [0.15, 0.2) is 0 Å². The molecule has 0 aromatic rings. The SMILES string of the molecule is CSC1(CNC(=O)N[C@H](CCCC(=O)O)C(=O)O)CCC1. The first-order valence-corrected chi connectivity index (χ1v) is 8.15. The van der Waals surface area contributed by atoms with Crippen LogP contribution >= 0.6 is 11.8 Å². The van der Waals surface area contributed by atoms with Gasteiger partial charge >= 0.3 is 18.0 Å². The lowest BCUT2D eigenvalue weighted by Crippen LogP contribution is -2.51. The second-order valence-electron chi connectivity index (χ2n) is 5.24. The average molecular weight is 318 g/mol. The van der Waals surface area contributed by atoms with Gasteiger partial charge in [0.05, 0.1) is 0 Å². The number of amides is 2. The van der Waals surface area contributed by atoms with Gasteiger partial charge in [-0.05, 0) is 31.9 Å². The summed E-state index contributed by atoms with van der Waals surface area (Å²) in [6.45, 7) is 0.515. The molecule has 4 N–H and O–H groups in total. The zero-order chi connectivity index (χ0) is 15.9. The number of hydrogen-bond acceptors (Lipinski definition) is 4. The maximum atomic E-state index is 11.7. The molecule has 8 heteroatoms. The van der Waals surface area contributed by atoms with Gasteiger partial charge in [-0.1, -0.05) is 6.42 Å². The molecular weight excluding hydrogens is 296 g/mol. The van der Waals surface area contributed by atoms with Crippen molar-refractivity contribution in [2.24, 2.45) is 0 Å². The lowest BCUT2D eigenvalue weighted by molar-refractivity contribution is -0.140. The minimum absolute atomic E-state index is 0.0827. The minimum Gasteiger partial charge on any atom is -0.481 e. The van der Waals surface area contributed by atoms with Crippen LogP contribution in [0.5, 0.6) is 0 Å². The predicted octanol–water partition coefficient (Wildman–Crippen LogP) is 1.28. The standard InChI is InChI=1S/C13H22N2O5S/c1-21-13(6-3-7-13)8-14-12(20)15-9(11(18)19)4-2-5-10(16)17/h9H,2-8H2,1H3,(H,16,17)(H,18,19)(H2,14,15,20)/t9-/m1/s1. The van der Waals surface area contributed by atoms with Crippen LogP contribution in [0, 0.1) is 0 Å². The van der Waals surface area contributed by atoms with Gasteiger partial charge in [0.15, 0.2) is 0 Å². The van der Waals surface area contributed by atoms with E-state index in [1.807, 2.05) is 6.26 Å². The Kier molecular flexibility index (Phi) is 6.80. The zero-order valence-corrected chi connectivity index (χ0v) is 12.9. The Morgan fingerprint density at radius 2 is 1.95 bits per heavy atom. The van der Waals surface area contributed by atoms with Crippen molar-refractivity contribution >= 4 is 29.7 Å². The van der Waals surface area contributed by atoms with E-state index in [0.717, 1.165) is 19.3 Å². The Labute approximate surface area is 127 Å². The second kappa shape index (κ2) is 8.11. The molecule has 1 aliphatic rings. The molecule has 0 aromatic carbocycles. The lowest BCUT2D eigenvalue weighted by atomic mass is 9.84. The normalized spacial score (nSPS) is 17.4. The van der Waals surface area contributed by atoms with E-state index in [9.17, 15) is 14.4 Å². The smallest absolute Gasteiger partial charge is 0.326 e. The summed E-state index contributed by atoms with van der Waals surface area (Å²) < 4.78 is 0.0827. The quantitative estimate of drug-likeness (QED) is 0.509. The van der Waals surface area contributed by atoms with E-state index in [1.165, 1.54) is 0 Å². The summed E-state index contributed by atoms with van der Waals surface area (Å²) in [5.74, 6) is -2.13. The molecule has 0 heterocycles. The van der Waals surface area contributed by atoms with Crippen LogP contribution in [0.2, 0.25) is 0 Å². The minimum atomic E-state index is -1.15. The zero-order valence-electron chi connectivity index (χ0n) is 12.1. The van der Waals surface area contributed by atoms with Crippen LogP contribution in [0.25, 0.3) is 0 Å². The highest BCUT2D eigenvalue weighted by atomic mass is 32.2. The first-order valence-electron chi connectivity index (χ1n) is 6.93. The maximum absolute atomic E-state index is 11.7. The Bertz CT molecular complexity index is 393. The number of carbonyl (C=O) groups excluding carboxylic acids is 1. The summed E-state index contributed by atoms with van der Waals surface area (Å²) in [6.07, 6.45) is 5.46. The summed E-state index contributed by atoms with van der Waals surface area (Å²) in [5, 5.41) is 22.7. The highest BCUT2D eigenvalue weighted by molar-refractivity contribution is 8.00. The van der Waals surface area contributed by atoms with Crippen LogP contribution < -0.4 is 10.6 Å². The van der Waals surface area contributed by atoms with Crippen molar-refractivity contribution in [2.75, 3.05) is 12.8 Å². The lowest BCUT2D eigenvalue weighted by Gasteiger charge is -2.40. The fraction of sp³-hybridized carbons (Fsp3) is 0.769. The monoisotopic (exact) mass is 318 g/mol. The van der Waals surface area contributed by atoms with E-state index < -0.39 is 24.0 Å². The highest BCUT2D eigenvalue weighted by Crippen LogP contribution is 2.42. The Morgan fingerprint density at radius 3 is 2.38 bits per heavy atom. The molecule has 1 atom stereocenters. The van der Waals surface area contributed by atoms with Crippen LogP contribution in [-0.4, -0.2) is 51.8 Å². The molecule has 0 saturated heterocycles. The molecule has 0 bridgehead atoms. The molecule has 1 fully saturated rings. The van der Waals surface area contributed by atoms with Gasteiger partial charge in [-0.3, -0.25) is 4.79 Å². The van der Waals surface area contributed by atoms with Gasteiger partial charge in [0, 0.05) is 17.7 Å². The van der Waals surface area contributed by atoms with Crippen molar-refractivity contribution in [1.29, 1.82) is 0 Å². The molecule has 1 rings (SSSR count). The molecule has 0 spiro atoms. The fourth-order valence-electron chi connectivity index (χ4n) is 2.19. The first kappa shape index (κ1) is 17.6. The van der Waals surface area contributed by atoms with Gasteiger partial charge < -0.3 is 20.8 Å². The number of carboxylic acids is 2. The summed E-state index contributed by atoms with van der Waals surface area (Å²) in [7, 11) is 0. The van der Waals surface area contributed by atoms with E-state index in [1.54, 1.807) is 11.8 Å². The predicted molar refractivity (Wildman–Crippen MR) is 79.5 cm³/mol. The number of carboxylic acid groups (broad SMARTS) is 2. The van der Waals surface area contributed by atoms with E-state index in [-0.39, 0.29) is 24.0 Å².